The lowest BCUT2D eigenvalue weighted by Gasteiger charge is -2.36. The number of rotatable bonds is 6. The molecule has 2 rings (SSSR count). The Balaban J connectivity index is 2.28. The summed E-state index contributed by atoms with van der Waals surface area (Å²) in [5.74, 6) is 0. The van der Waals surface area contributed by atoms with E-state index in [9.17, 15) is 8.42 Å². The van der Waals surface area contributed by atoms with Gasteiger partial charge in [-0.1, -0.05) is 38.3 Å². The van der Waals surface area contributed by atoms with E-state index in [0.717, 1.165) is 38.5 Å². The first-order valence-corrected chi connectivity index (χ1v) is 9.18. The molecule has 0 unspecified atom stereocenters. The van der Waals surface area contributed by atoms with Crippen molar-refractivity contribution in [3.05, 3.63) is 29.8 Å². The summed E-state index contributed by atoms with van der Waals surface area (Å²) in [6, 6.07) is 7.26. The molecule has 0 radical (unpaired) electrons. The molecule has 5 heteroatoms. The van der Waals surface area contributed by atoms with E-state index in [4.69, 9.17) is 5.73 Å². The molecule has 1 aromatic carbocycles. The van der Waals surface area contributed by atoms with Crippen LogP contribution in [0.25, 0.3) is 0 Å². The highest BCUT2D eigenvalue weighted by Gasteiger charge is 2.42. The molecule has 21 heavy (non-hydrogen) atoms. The van der Waals surface area contributed by atoms with Crippen LogP contribution in [0.3, 0.4) is 0 Å². The van der Waals surface area contributed by atoms with E-state index in [1.54, 1.807) is 19.2 Å². The van der Waals surface area contributed by atoms with Gasteiger partial charge in [-0.15, -0.1) is 0 Å². The average Bonchev–Trinajstić information content (AvgIpc) is 2.97. The molecular weight excluding hydrogens is 284 g/mol. The Morgan fingerprint density at radius 1 is 1.19 bits per heavy atom. The molecule has 118 valence electrons. The van der Waals surface area contributed by atoms with Gasteiger partial charge in [0, 0.05) is 19.1 Å². The van der Waals surface area contributed by atoms with Crippen molar-refractivity contribution >= 4 is 10.0 Å². The minimum absolute atomic E-state index is 0.365. The summed E-state index contributed by atoms with van der Waals surface area (Å²) in [5, 5.41) is 0. The van der Waals surface area contributed by atoms with Crippen molar-refractivity contribution in [3.63, 3.8) is 0 Å². The van der Waals surface area contributed by atoms with Crippen LogP contribution in [0.2, 0.25) is 0 Å². The molecule has 1 fully saturated rings. The minimum Gasteiger partial charge on any atom is -0.329 e. The zero-order valence-electron chi connectivity index (χ0n) is 13.0. The maximum Gasteiger partial charge on any atom is 0.243 e. The van der Waals surface area contributed by atoms with Crippen molar-refractivity contribution in [2.75, 3.05) is 13.6 Å². The zero-order valence-corrected chi connectivity index (χ0v) is 13.8. The monoisotopic (exact) mass is 310 g/mol. The van der Waals surface area contributed by atoms with Crippen LogP contribution in [0.15, 0.2) is 29.2 Å². The second kappa shape index (κ2) is 6.46. The van der Waals surface area contributed by atoms with Gasteiger partial charge in [-0.25, -0.2) is 8.42 Å². The van der Waals surface area contributed by atoms with Gasteiger partial charge in [-0.2, -0.15) is 4.31 Å². The highest BCUT2D eigenvalue weighted by Crippen LogP contribution is 2.36. The van der Waals surface area contributed by atoms with Gasteiger partial charge in [0.15, 0.2) is 0 Å². The fourth-order valence-corrected chi connectivity index (χ4v) is 4.77. The van der Waals surface area contributed by atoms with Crippen LogP contribution < -0.4 is 5.73 Å². The fourth-order valence-electron chi connectivity index (χ4n) is 3.21. The van der Waals surface area contributed by atoms with Crippen molar-refractivity contribution in [2.24, 2.45) is 5.73 Å². The van der Waals surface area contributed by atoms with Crippen molar-refractivity contribution in [3.8, 4) is 0 Å². The van der Waals surface area contributed by atoms with Crippen LogP contribution in [0.1, 0.15) is 44.6 Å². The van der Waals surface area contributed by atoms with E-state index in [2.05, 4.69) is 6.92 Å². The molecule has 0 aromatic heterocycles. The molecular formula is C16H26N2O2S. The van der Waals surface area contributed by atoms with Gasteiger partial charge in [0.2, 0.25) is 10.0 Å². The van der Waals surface area contributed by atoms with Gasteiger partial charge in [-0.05, 0) is 37.0 Å². The lowest BCUT2D eigenvalue weighted by atomic mass is 9.98. The smallest absolute Gasteiger partial charge is 0.243 e. The van der Waals surface area contributed by atoms with Gasteiger partial charge < -0.3 is 5.73 Å². The van der Waals surface area contributed by atoms with Crippen molar-refractivity contribution in [2.45, 2.75) is 55.9 Å². The lowest BCUT2D eigenvalue weighted by Crippen LogP contribution is -2.52. The summed E-state index contributed by atoms with van der Waals surface area (Å²) in [7, 11) is -1.80. The van der Waals surface area contributed by atoms with E-state index >= 15 is 0 Å². The van der Waals surface area contributed by atoms with Gasteiger partial charge in [-0.3, -0.25) is 0 Å². The van der Waals surface area contributed by atoms with Gasteiger partial charge >= 0.3 is 0 Å². The molecule has 0 heterocycles. The third-order valence-electron chi connectivity index (χ3n) is 4.70. The normalized spacial score (nSPS) is 18.3. The highest BCUT2D eigenvalue weighted by atomic mass is 32.2. The second-order valence-electron chi connectivity index (χ2n) is 6.00. The predicted molar refractivity (Wildman–Crippen MR) is 85.6 cm³/mol. The largest absolute Gasteiger partial charge is 0.329 e. The first-order chi connectivity index (χ1) is 9.96. The minimum atomic E-state index is -3.47. The number of nitrogens with zero attached hydrogens (tertiary/aromatic N) is 1. The van der Waals surface area contributed by atoms with Crippen LogP contribution in [-0.2, 0) is 16.4 Å². The zero-order chi connectivity index (χ0) is 15.5. The van der Waals surface area contributed by atoms with E-state index in [1.807, 2.05) is 12.1 Å². The summed E-state index contributed by atoms with van der Waals surface area (Å²) in [6.45, 7) is 2.50. The topological polar surface area (TPSA) is 63.4 Å². The Labute approximate surface area is 128 Å². The predicted octanol–water partition coefficient (Wildman–Crippen LogP) is 2.53. The number of likely N-dealkylation sites (N-methyl/N-ethyl adjacent to an activating group) is 1. The first-order valence-electron chi connectivity index (χ1n) is 7.74. The maximum absolute atomic E-state index is 12.8. The molecule has 0 bridgehead atoms. The van der Waals surface area contributed by atoms with Crippen LogP contribution >= 0.6 is 0 Å². The molecule has 1 aliphatic carbocycles. The Kier molecular flexibility index (Phi) is 5.07. The Bertz CT molecular complexity index is 560. The Morgan fingerprint density at radius 2 is 1.76 bits per heavy atom. The number of hydrogen-bond donors (Lipinski definition) is 1. The summed E-state index contributed by atoms with van der Waals surface area (Å²) in [4.78, 5) is 0.365. The van der Waals surface area contributed by atoms with E-state index in [-0.39, 0.29) is 0 Å². The molecule has 0 aliphatic heterocycles. The van der Waals surface area contributed by atoms with Crippen molar-refractivity contribution < 1.29 is 8.42 Å². The van der Waals surface area contributed by atoms with Gasteiger partial charge in [0.05, 0.1) is 4.90 Å². The number of sulfonamides is 1. The number of benzene rings is 1. The molecule has 0 atom stereocenters. The van der Waals surface area contributed by atoms with Crippen LogP contribution in [0.5, 0.6) is 0 Å². The number of nitrogens with two attached hydrogens (primary N) is 1. The Morgan fingerprint density at radius 3 is 2.24 bits per heavy atom. The van der Waals surface area contributed by atoms with Crippen LogP contribution in [0, 0.1) is 0 Å². The van der Waals surface area contributed by atoms with E-state index in [0.29, 0.717) is 11.4 Å². The van der Waals surface area contributed by atoms with Crippen molar-refractivity contribution in [1.82, 2.24) is 4.31 Å². The van der Waals surface area contributed by atoms with Crippen molar-refractivity contribution in [1.29, 1.82) is 0 Å². The molecule has 4 nitrogen and oxygen atoms in total. The fraction of sp³-hybridized carbons (Fsp3) is 0.625. The van der Waals surface area contributed by atoms with Gasteiger partial charge in [0.25, 0.3) is 0 Å². The second-order valence-corrected chi connectivity index (χ2v) is 7.97. The molecule has 1 aliphatic rings. The number of hydrogen-bond acceptors (Lipinski definition) is 3. The molecule has 2 N–H and O–H groups in total. The molecule has 0 saturated heterocycles. The SMILES string of the molecule is CCCc1ccc(S(=O)(=O)N(C)C2(CN)CCCC2)cc1. The van der Waals surface area contributed by atoms with Crippen LogP contribution in [0.4, 0.5) is 0 Å². The third kappa shape index (κ3) is 3.15. The maximum atomic E-state index is 12.8. The van der Waals surface area contributed by atoms with E-state index < -0.39 is 15.6 Å². The van der Waals surface area contributed by atoms with Gasteiger partial charge in [0.1, 0.15) is 0 Å². The summed E-state index contributed by atoms with van der Waals surface area (Å²) in [6.07, 6.45) is 5.84. The highest BCUT2D eigenvalue weighted by molar-refractivity contribution is 7.89. The standard InChI is InChI=1S/C16H26N2O2S/c1-3-6-14-7-9-15(10-8-14)21(19,20)18(2)16(13-17)11-4-5-12-16/h7-10H,3-6,11-13,17H2,1-2H3. The van der Waals surface area contributed by atoms with Crippen LogP contribution in [-0.4, -0.2) is 31.9 Å². The quantitative estimate of drug-likeness (QED) is 0.878. The summed E-state index contributed by atoms with van der Waals surface area (Å²) in [5.41, 5.74) is 6.67. The summed E-state index contributed by atoms with van der Waals surface area (Å²) >= 11 is 0. The molecule has 1 saturated carbocycles. The number of aryl methyl sites for hydroxylation is 1. The lowest BCUT2D eigenvalue weighted by molar-refractivity contribution is 0.230. The summed E-state index contributed by atoms with van der Waals surface area (Å²) < 4.78 is 27.2. The molecule has 0 amide bonds. The average molecular weight is 310 g/mol. The molecule has 1 aromatic rings. The molecule has 0 spiro atoms. The third-order valence-corrected chi connectivity index (χ3v) is 6.68. The first kappa shape index (κ1) is 16.5. The Hall–Kier alpha value is -0.910. The van der Waals surface area contributed by atoms with E-state index in [1.165, 1.54) is 9.87 Å².